The number of aromatic nitrogens is 4. The van der Waals surface area contributed by atoms with Gasteiger partial charge in [0.05, 0.1) is 36.6 Å². The highest BCUT2D eigenvalue weighted by Crippen LogP contribution is 2.29. The number of rotatable bonds is 9. The summed E-state index contributed by atoms with van der Waals surface area (Å²) in [4.78, 5) is 22.5. The second kappa shape index (κ2) is 8.87. The molecule has 0 saturated carbocycles. The van der Waals surface area contributed by atoms with Gasteiger partial charge in [-0.25, -0.2) is 0 Å². The van der Waals surface area contributed by atoms with Crippen molar-refractivity contribution < 1.29 is 19.2 Å². The molecule has 11 heteroatoms. The topological polar surface area (TPSA) is 137 Å². The largest absolute Gasteiger partial charge is 0.490 e. The van der Waals surface area contributed by atoms with Gasteiger partial charge in [-0.3, -0.25) is 24.7 Å². The molecule has 0 atom stereocenters. The number of benzene rings is 1. The van der Waals surface area contributed by atoms with Crippen LogP contribution in [-0.2, 0) is 6.54 Å². The van der Waals surface area contributed by atoms with E-state index in [-0.39, 0.29) is 5.69 Å². The van der Waals surface area contributed by atoms with Gasteiger partial charge in [0.15, 0.2) is 11.5 Å². The predicted octanol–water partition coefficient (Wildman–Crippen LogP) is 2.61. The molecule has 2 N–H and O–H groups in total. The normalized spacial score (nSPS) is 10.6. The molecular formula is C18H20N6O5. The van der Waals surface area contributed by atoms with E-state index in [0.717, 1.165) is 11.8 Å². The second-order valence-corrected chi connectivity index (χ2v) is 5.92. The summed E-state index contributed by atoms with van der Waals surface area (Å²) >= 11 is 0. The average molecular weight is 400 g/mol. The molecule has 0 bridgehead atoms. The minimum atomic E-state index is -0.677. The lowest BCUT2D eigenvalue weighted by molar-refractivity contribution is -0.385. The first-order valence-electron chi connectivity index (χ1n) is 8.91. The van der Waals surface area contributed by atoms with E-state index in [1.165, 1.54) is 6.20 Å². The van der Waals surface area contributed by atoms with E-state index in [9.17, 15) is 14.9 Å². The molecule has 1 aromatic carbocycles. The summed E-state index contributed by atoms with van der Waals surface area (Å²) < 4.78 is 12.8. The van der Waals surface area contributed by atoms with Gasteiger partial charge in [0.25, 0.3) is 5.91 Å². The summed E-state index contributed by atoms with van der Waals surface area (Å²) in [6.45, 7) is 5.29. The average Bonchev–Trinajstić information content (AvgIpc) is 3.34. The first kappa shape index (κ1) is 19.9. The number of aromatic amines is 1. The standard InChI is InChI=1S/C18H20N6O5/c1-3-28-15-6-5-12(7-16(15)29-4-2)10-23-11-13(8-20-23)21-18(25)17-14(24(26)27)9-19-22-17/h5-9,11H,3-4,10H2,1-2H3,(H,19,22)(H,21,25). The maximum atomic E-state index is 12.2. The molecule has 3 rings (SSSR count). The Labute approximate surface area is 165 Å². The third kappa shape index (κ3) is 4.69. The van der Waals surface area contributed by atoms with E-state index in [1.54, 1.807) is 10.9 Å². The Balaban J connectivity index is 1.70. The number of nitro groups is 1. The van der Waals surface area contributed by atoms with E-state index in [0.29, 0.717) is 36.9 Å². The lowest BCUT2D eigenvalue weighted by atomic mass is 10.2. The summed E-state index contributed by atoms with van der Waals surface area (Å²) in [5.41, 5.74) is 0.709. The fourth-order valence-electron chi connectivity index (χ4n) is 2.67. The Morgan fingerprint density at radius 1 is 1.24 bits per heavy atom. The number of hydrogen-bond donors (Lipinski definition) is 2. The Morgan fingerprint density at radius 2 is 2.00 bits per heavy atom. The Bertz CT molecular complexity index is 1010. The van der Waals surface area contributed by atoms with Gasteiger partial charge in [-0.1, -0.05) is 6.07 Å². The van der Waals surface area contributed by atoms with Crippen molar-refractivity contribution in [2.45, 2.75) is 20.4 Å². The first-order valence-corrected chi connectivity index (χ1v) is 8.91. The quantitative estimate of drug-likeness (QED) is 0.416. The predicted molar refractivity (Wildman–Crippen MR) is 103 cm³/mol. The third-order valence-electron chi connectivity index (χ3n) is 3.89. The number of amides is 1. The lowest BCUT2D eigenvalue weighted by Crippen LogP contribution is -2.13. The molecule has 2 heterocycles. The van der Waals surface area contributed by atoms with Crippen molar-refractivity contribution in [1.82, 2.24) is 20.0 Å². The number of nitrogens with zero attached hydrogens (tertiary/aromatic N) is 4. The van der Waals surface area contributed by atoms with Gasteiger partial charge in [0.1, 0.15) is 6.20 Å². The Kier molecular flexibility index (Phi) is 6.07. The van der Waals surface area contributed by atoms with Crippen molar-refractivity contribution in [3.63, 3.8) is 0 Å². The molecule has 29 heavy (non-hydrogen) atoms. The molecule has 2 aromatic heterocycles. The van der Waals surface area contributed by atoms with Crippen LogP contribution < -0.4 is 14.8 Å². The van der Waals surface area contributed by atoms with E-state index in [1.807, 2.05) is 32.0 Å². The fraction of sp³-hybridized carbons (Fsp3) is 0.278. The number of H-pyrrole nitrogens is 1. The number of carbonyl (C=O) groups excluding carboxylic acids is 1. The van der Waals surface area contributed by atoms with Crippen LogP contribution in [0.15, 0.2) is 36.8 Å². The van der Waals surface area contributed by atoms with Crippen molar-refractivity contribution in [2.75, 3.05) is 18.5 Å². The first-order chi connectivity index (χ1) is 14.0. The van der Waals surface area contributed by atoms with Crippen LogP contribution in [0, 0.1) is 10.1 Å². The molecule has 152 valence electrons. The van der Waals surface area contributed by atoms with Crippen LogP contribution >= 0.6 is 0 Å². The summed E-state index contributed by atoms with van der Waals surface area (Å²) in [6, 6.07) is 5.62. The number of nitrogens with one attached hydrogen (secondary N) is 2. The van der Waals surface area contributed by atoms with E-state index < -0.39 is 16.5 Å². The Morgan fingerprint density at radius 3 is 2.72 bits per heavy atom. The zero-order chi connectivity index (χ0) is 20.8. The van der Waals surface area contributed by atoms with Gasteiger partial charge >= 0.3 is 5.69 Å². The zero-order valence-electron chi connectivity index (χ0n) is 15.9. The number of hydrogen-bond acceptors (Lipinski definition) is 7. The molecule has 3 aromatic rings. The van der Waals surface area contributed by atoms with E-state index in [2.05, 4.69) is 20.6 Å². The van der Waals surface area contributed by atoms with Gasteiger partial charge in [-0.15, -0.1) is 0 Å². The summed E-state index contributed by atoms with van der Waals surface area (Å²) in [6.07, 6.45) is 4.06. The molecule has 0 saturated heterocycles. The van der Waals surface area contributed by atoms with Gasteiger partial charge in [0.2, 0.25) is 5.69 Å². The monoisotopic (exact) mass is 400 g/mol. The van der Waals surface area contributed by atoms with Gasteiger partial charge in [-0.2, -0.15) is 10.2 Å². The lowest BCUT2D eigenvalue weighted by Gasteiger charge is -2.12. The van der Waals surface area contributed by atoms with Crippen LogP contribution in [-0.4, -0.2) is 44.0 Å². The molecule has 0 aliphatic carbocycles. The maximum absolute atomic E-state index is 12.2. The van der Waals surface area contributed by atoms with Crippen molar-refractivity contribution in [3.8, 4) is 11.5 Å². The van der Waals surface area contributed by atoms with Crippen LogP contribution in [0.25, 0.3) is 0 Å². The SMILES string of the molecule is CCOc1ccc(Cn2cc(NC(=O)c3[nH]ncc3[N+](=O)[O-])cn2)cc1OCC. The number of ether oxygens (including phenoxy) is 2. The molecular weight excluding hydrogens is 380 g/mol. The smallest absolute Gasteiger partial charge is 0.319 e. The van der Waals surface area contributed by atoms with Gasteiger partial charge in [0, 0.05) is 6.20 Å². The number of carbonyl (C=O) groups is 1. The van der Waals surface area contributed by atoms with Crippen molar-refractivity contribution in [3.05, 3.63) is 58.2 Å². The van der Waals surface area contributed by atoms with Crippen LogP contribution in [0.5, 0.6) is 11.5 Å². The molecule has 0 fully saturated rings. The van der Waals surface area contributed by atoms with Crippen LogP contribution in [0.2, 0.25) is 0 Å². The van der Waals surface area contributed by atoms with Crippen molar-refractivity contribution in [2.24, 2.45) is 0 Å². The summed E-state index contributed by atoms with van der Waals surface area (Å²) in [5, 5.41) is 23.6. The molecule has 0 aliphatic rings. The van der Waals surface area contributed by atoms with Gasteiger partial charge < -0.3 is 14.8 Å². The van der Waals surface area contributed by atoms with Crippen LogP contribution in [0.4, 0.5) is 11.4 Å². The number of anilines is 1. The second-order valence-electron chi connectivity index (χ2n) is 5.92. The van der Waals surface area contributed by atoms with E-state index in [4.69, 9.17) is 9.47 Å². The third-order valence-corrected chi connectivity index (χ3v) is 3.89. The molecule has 0 radical (unpaired) electrons. The molecule has 0 unspecified atom stereocenters. The van der Waals surface area contributed by atoms with Crippen LogP contribution in [0.3, 0.4) is 0 Å². The zero-order valence-corrected chi connectivity index (χ0v) is 15.9. The summed E-state index contributed by atoms with van der Waals surface area (Å²) in [5.74, 6) is 0.653. The minimum absolute atomic E-state index is 0.226. The fourth-order valence-corrected chi connectivity index (χ4v) is 2.67. The molecule has 1 amide bonds. The van der Waals surface area contributed by atoms with Crippen molar-refractivity contribution >= 4 is 17.3 Å². The molecule has 0 aliphatic heterocycles. The highest BCUT2D eigenvalue weighted by atomic mass is 16.6. The minimum Gasteiger partial charge on any atom is -0.490 e. The highest BCUT2D eigenvalue weighted by molar-refractivity contribution is 6.05. The van der Waals surface area contributed by atoms with E-state index >= 15 is 0 Å². The maximum Gasteiger partial charge on any atom is 0.319 e. The highest BCUT2D eigenvalue weighted by Gasteiger charge is 2.23. The van der Waals surface area contributed by atoms with Crippen molar-refractivity contribution in [1.29, 1.82) is 0 Å². The summed E-state index contributed by atoms with van der Waals surface area (Å²) in [7, 11) is 0. The molecule has 11 nitrogen and oxygen atoms in total. The molecule has 0 spiro atoms. The van der Waals surface area contributed by atoms with Crippen LogP contribution in [0.1, 0.15) is 29.9 Å². The van der Waals surface area contributed by atoms with Gasteiger partial charge in [-0.05, 0) is 31.5 Å². The Hall–Kier alpha value is -3.89.